The van der Waals surface area contributed by atoms with Crippen LogP contribution < -0.4 is 0 Å². The van der Waals surface area contributed by atoms with E-state index in [0.717, 1.165) is 38.5 Å². The Morgan fingerprint density at radius 1 is 1.18 bits per heavy atom. The summed E-state index contributed by atoms with van der Waals surface area (Å²) in [6.45, 7) is 5.47. The normalized spacial score (nSPS) is 50.4. The Morgan fingerprint density at radius 2 is 1.96 bits per heavy atom. The van der Waals surface area contributed by atoms with E-state index in [2.05, 4.69) is 19.9 Å². The fourth-order valence-corrected chi connectivity index (χ4v) is 7.74. The lowest BCUT2D eigenvalue weighted by atomic mass is 9.44. The smallest absolute Gasteiger partial charge is 0.137 e. The molecule has 0 bridgehead atoms. The van der Waals surface area contributed by atoms with E-state index >= 15 is 0 Å². The molecule has 4 aliphatic rings. The van der Waals surface area contributed by atoms with Gasteiger partial charge in [-0.1, -0.05) is 13.8 Å². The second kappa shape index (κ2) is 7.38. The van der Waals surface area contributed by atoms with Gasteiger partial charge in [0.25, 0.3) is 0 Å². The summed E-state index contributed by atoms with van der Waals surface area (Å²) in [4.78, 5) is 13.5. The van der Waals surface area contributed by atoms with E-state index in [0.29, 0.717) is 43.2 Å². The molecule has 0 amide bonds. The summed E-state index contributed by atoms with van der Waals surface area (Å²) in [5.41, 5.74) is -0.248. The van der Waals surface area contributed by atoms with Gasteiger partial charge < -0.3 is 14.6 Å². The molecule has 2 unspecified atom stereocenters. The Morgan fingerprint density at radius 3 is 2.68 bits per heavy atom. The summed E-state index contributed by atoms with van der Waals surface area (Å²) in [6.07, 6.45) is 5.53. The van der Waals surface area contributed by atoms with E-state index in [1.54, 1.807) is 7.11 Å². The topological polar surface area (TPSA) is 79.5 Å². The minimum atomic E-state index is -0.454. The molecule has 5 heteroatoms. The zero-order chi connectivity index (χ0) is 20.1. The number of ketones is 1. The van der Waals surface area contributed by atoms with Crippen molar-refractivity contribution in [2.75, 3.05) is 20.3 Å². The summed E-state index contributed by atoms with van der Waals surface area (Å²) in [5, 5.41) is 20.3. The average molecular weight is 390 g/mol. The average Bonchev–Trinajstić information content (AvgIpc) is 2.98. The highest BCUT2D eigenvalue weighted by Gasteiger charge is 2.64. The van der Waals surface area contributed by atoms with E-state index in [9.17, 15) is 15.2 Å². The zero-order valence-corrected chi connectivity index (χ0v) is 17.5. The third-order valence-electron chi connectivity index (χ3n) is 9.12. The maximum absolute atomic E-state index is 13.5. The molecule has 0 aromatic carbocycles. The minimum Gasteiger partial charge on any atom is -0.390 e. The van der Waals surface area contributed by atoms with E-state index in [1.807, 2.05) is 0 Å². The van der Waals surface area contributed by atoms with Crippen molar-refractivity contribution in [2.45, 2.75) is 71.0 Å². The van der Waals surface area contributed by atoms with Crippen LogP contribution in [0.5, 0.6) is 0 Å². The quantitative estimate of drug-likeness (QED) is 0.746. The molecule has 156 valence electrons. The number of nitriles is 1. The number of hydrogen-bond acceptors (Lipinski definition) is 5. The van der Waals surface area contributed by atoms with Crippen LogP contribution in [0.3, 0.4) is 0 Å². The molecule has 0 aromatic heterocycles. The van der Waals surface area contributed by atoms with Crippen molar-refractivity contribution in [3.05, 3.63) is 0 Å². The van der Waals surface area contributed by atoms with Crippen molar-refractivity contribution in [1.82, 2.24) is 0 Å². The predicted molar refractivity (Wildman–Crippen MR) is 104 cm³/mol. The van der Waals surface area contributed by atoms with Crippen molar-refractivity contribution in [1.29, 1.82) is 5.26 Å². The van der Waals surface area contributed by atoms with Crippen LogP contribution in [0.2, 0.25) is 0 Å². The Bertz CT molecular complexity index is 659. The number of carbonyl (C=O) groups excluding carboxylic acids is 1. The van der Waals surface area contributed by atoms with Gasteiger partial charge in [0.2, 0.25) is 0 Å². The van der Waals surface area contributed by atoms with Gasteiger partial charge in [-0.2, -0.15) is 5.26 Å². The van der Waals surface area contributed by atoms with Gasteiger partial charge in [0.05, 0.1) is 37.4 Å². The minimum absolute atomic E-state index is 0.0197. The van der Waals surface area contributed by atoms with Gasteiger partial charge in [0.1, 0.15) is 5.78 Å². The standard InChI is InChI=1S/C23H35NO4/c1-22-11-19(26)21-16(17(22)7-5-15(22)13-24)6-4-14-10-18(25)20(12-23(14,21)2)28-9-8-27-3/h14-18,20-21,25H,4-12H2,1-3H3/t14-,15+,16-,17?,18-,20-,21?,22+,23-/m0/s1. The van der Waals surface area contributed by atoms with Gasteiger partial charge in [-0.15, -0.1) is 0 Å². The third-order valence-corrected chi connectivity index (χ3v) is 9.12. The van der Waals surface area contributed by atoms with Crippen LogP contribution in [-0.2, 0) is 14.3 Å². The van der Waals surface area contributed by atoms with Crippen molar-refractivity contribution in [3.8, 4) is 6.07 Å². The van der Waals surface area contributed by atoms with Crippen LogP contribution in [0.1, 0.15) is 58.8 Å². The first kappa shape index (κ1) is 20.3. The molecule has 0 aliphatic heterocycles. The Balaban J connectivity index is 1.60. The van der Waals surface area contributed by atoms with Gasteiger partial charge in [-0.25, -0.2) is 0 Å². The van der Waals surface area contributed by atoms with Crippen molar-refractivity contribution >= 4 is 5.78 Å². The molecule has 0 spiro atoms. The number of Topliss-reactive ketones (excluding diaryl/α,β-unsaturated/α-hetero) is 1. The molecule has 0 radical (unpaired) electrons. The zero-order valence-electron chi connectivity index (χ0n) is 17.5. The lowest BCUT2D eigenvalue weighted by Gasteiger charge is -2.60. The molecule has 9 atom stereocenters. The highest BCUT2D eigenvalue weighted by atomic mass is 16.5. The van der Waals surface area contributed by atoms with Gasteiger partial charge in [0, 0.05) is 19.4 Å². The molecule has 28 heavy (non-hydrogen) atoms. The first-order chi connectivity index (χ1) is 13.3. The van der Waals surface area contributed by atoms with E-state index < -0.39 is 6.10 Å². The summed E-state index contributed by atoms with van der Waals surface area (Å²) < 4.78 is 11.1. The molecule has 1 N–H and O–H groups in total. The Hall–Kier alpha value is -0.960. The maximum Gasteiger partial charge on any atom is 0.137 e. The molecule has 4 rings (SSSR count). The second-order valence-corrected chi connectivity index (χ2v) is 10.3. The van der Waals surface area contributed by atoms with Crippen LogP contribution in [0.15, 0.2) is 0 Å². The number of aliphatic hydroxyl groups is 1. The largest absolute Gasteiger partial charge is 0.390 e. The summed E-state index contributed by atoms with van der Waals surface area (Å²) in [6, 6.07) is 2.51. The second-order valence-electron chi connectivity index (χ2n) is 10.3. The number of fused-ring (bicyclic) bond motifs is 5. The molecule has 0 saturated heterocycles. The Kier molecular flexibility index (Phi) is 5.35. The molecule has 0 aromatic rings. The lowest BCUT2D eigenvalue weighted by molar-refractivity contribution is -0.180. The van der Waals surface area contributed by atoms with Crippen LogP contribution in [-0.4, -0.2) is 43.4 Å². The number of hydrogen-bond donors (Lipinski definition) is 1. The monoisotopic (exact) mass is 389 g/mol. The van der Waals surface area contributed by atoms with Crippen molar-refractivity contribution in [3.63, 3.8) is 0 Å². The van der Waals surface area contributed by atoms with Crippen LogP contribution in [0, 0.1) is 51.8 Å². The fraction of sp³-hybridized carbons (Fsp3) is 0.913. The molecular weight excluding hydrogens is 354 g/mol. The summed E-state index contributed by atoms with van der Waals surface area (Å²) in [7, 11) is 1.65. The fourth-order valence-electron chi connectivity index (χ4n) is 7.74. The Labute approximate surface area is 168 Å². The first-order valence-electron chi connectivity index (χ1n) is 11.1. The molecule has 4 saturated carbocycles. The van der Waals surface area contributed by atoms with Crippen LogP contribution in [0.4, 0.5) is 0 Å². The SMILES string of the molecule is COCCO[C@H]1C[C@]2(C)C3C(=O)C[C@@]4(C)C(CC[C@@H]4C#N)[C@@H]3CC[C@H]2C[C@@H]1O. The number of ether oxygens (including phenoxy) is 2. The number of aliphatic hydroxyl groups excluding tert-OH is 1. The molecular formula is C23H35NO4. The van der Waals surface area contributed by atoms with Crippen LogP contribution in [0.25, 0.3) is 0 Å². The highest BCUT2D eigenvalue weighted by molar-refractivity contribution is 5.84. The van der Waals surface area contributed by atoms with Crippen LogP contribution >= 0.6 is 0 Å². The number of methoxy groups -OCH3 is 1. The number of carbonyl (C=O) groups is 1. The summed E-state index contributed by atoms with van der Waals surface area (Å²) in [5.74, 6) is 1.70. The summed E-state index contributed by atoms with van der Waals surface area (Å²) >= 11 is 0. The predicted octanol–water partition coefficient (Wildman–Crippen LogP) is 3.35. The van der Waals surface area contributed by atoms with Gasteiger partial charge in [0.15, 0.2) is 0 Å². The molecule has 4 fully saturated rings. The van der Waals surface area contributed by atoms with Crippen molar-refractivity contribution < 1.29 is 19.4 Å². The first-order valence-corrected chi connectivity index (χ1v) is 11.1. The lowest BCUT2D eigenvalue weighted by Crippen LogP contribution is -2.60. The van der Waals surface area contributed by atoms with E-state index in [-0.39, 0.29) is 28.8 Å². The molecule has 5 nitrogen and oxygen atoms in total. The third kappa shape index (κ3) is 2.95. The number of rotatable bonds is 4. The van der Waals surface area contributed by atoms with Gasteiger partial charge >= 0.3 is 0 Å². The molecule has 0 heterocycles. The highest BCUT2D eigenvalue weighted by Crippen LogP contribution is 2.66. The number of nitrogens with zero attached hydrogens (tertiary/aromatic N) is 1. The molecule has 4 aliphatic carbocycles. The maximum atomic E-state index is 13.5. The van der Waals surface area contributed by atoms with E-state index in [4.69, 9.17) is 9.47 Å². The van der Waals surface area contributed by atoms with E-state index in [1.165, 1.54) is 0 Å². The van der Waals surface area contributed by atoms with Gasteiger partial charge in [-0.05, 0) is 67.1 Å². The van der Waals surface area contributed by atoms with Gasteiger partial charge in [-0.3, -0.25) is 4.79 Å². The van der Waals surface area contributed by atoms with Crippen molar-refractivity contribution in [2.24, 2.45) is 40.4 Å².